The summed E-state index contributed by atoms with van der Waals surface area (Å²) in [5, 5.41) is 0. The van der Waals surface area contributed by atoms with Gasteiger partial charge in [-0.2, -0.15) is 0 Å². The lowest BCUT2D eigenvalue weighted by Crippen LogP contribution is -2.46. The first-order chi connectivity index (χ1) is 13.1. The predicted octanol–water partition coefficient (Wildman–Crippen LogP) is 1.91. The van der Waals surface area contributed by atoms with Crippen LogP contribution >= 0.6 is 0 Å². The zero-order valence-corrected chi connectivity index (χ0v) is 15.8. The van der Waals surface area contributed by atoms with Crippen LogP contribution in [0.1, 0.15) is 24.0 Å². The molecule has 0 spiro atoms. The lowest BCUT2D eigenvalue weighted by molar-refractivity contribution is 0.247. The number of nitrogens with zero attached hydrogens (tertiary/aromatic N) is 5. The third-order valence-corrected chi connectivity index (χ3v) is 5.03. The van der Waals surface area contributed by atoms with Crippen LogP contribution in [0.3, 0.4) is 0 Å². The Labute approximate surface area is 158 Å². The number of nitrogens with one attached hydrogen (secondary N) is 1. The molecule has 1 aliphatic rings. The van der Waals surface area contributed by atoms with Crippen molar-refractivity contribution >= 4 is 16.9 Å². The van der Waals surface area contributed by atoms with Crippen LogP contribution in [0, 0.1) is 6.92 Å². The van der Waals surface area contributed by atoms with Gasteiger partial charge in [0, 0.05) is 38.4 Å². The van der Waals surface area contributed by atoms with Crippen LogP contribution in [-0.2, 0) is 13.0 Å². The highest BCUT2D eigenvalue weighted by molar-refractivity contribution is 5.69. The van der Waals surface area contributed by atoms with Gasteiger partial charge in [-0.25, -0.2) is 9.97 Å². The number of fused-ring (bicyclic) bond motifs is 1. The van der Waals surface area contributed by atoms with E-state index in [9.17, 15) is 4.79 Å². The Kier molecular flexibility index (Phi) is 4.85. The van der Waals surface area contributed by atoms with Crippen LogP contribution in [0.5, 0.6) is 0 Å². The molecule has 7 nitrogen and oxygen atoms in total. The summed E-state index contributed by atoms with van der Waals surface area (Å²) in [4.78, 5) is 33.0. The van der Waals surface area contributed by atoms with Gasteiger partial charge < -0.3 is 9.88 Å². The number of aromatic amines is 1. The Morgan fingerprint density at radius 3 is 2.59 bits per heavy atom. The molecule has 3 aromatic rings. The monoisotopic (exact) mass is 364 g/mol. The molecule has 0 bridgehead atoms. The van der Waals surface area contributed by atoms with Crippen molar-refractivity contribution in [1.82, 2.24) is 24.8 Å². The summed E-state index contributed by atoms with van der Waals surface area (Å²) in [5.74, 6) is 0. The summed E-state index contributed by atoms with van der Waals surface area (Å²) in [7, 11) is 0. The second-order valence-electron chi connectivity index (χ2n) is 6.96. The van der Waals surface area contributed by atoms with Crippen molar-refractivity contribution in [1.29, 1.82) is 0 Å². The molecule has 4 heterocycles. The molecule has 0 radical (unpaired) electrons. The Balaban J connectivity index is 1.42. The summed E-state index contributed by atoms with van der Waals surface area (Å²) < 4.78 is 0. The zero-order valence-electron chi connectivity index (χ0n) is 15.8. The van der Waals surface area contributed by atoms with Gasteiger partial charge in [-0.05, 0) is 37.6 Å². The summed E-state index contributed by atoms with van der Waals surface area (Å²) in [6, 6.07) is 8.14. The molecule has 1 fully saturated rings. The first-order valence-electron chi connectivity index (χ1n) is 9.41. The standard InChI is InChI=1S/C20H24N6O/c1-3-17-20(27)24-19-18(23-17)7-5-15(22-19)13-25-8-10-26(11-9-25)16-6-4-14(2)21-12-16/h4-7,12H,3,8-11,13H2,1-2H3,(H,22,24,27). The number of aromatic nitrogens is 4. The first-order valence-corrected chi connectivity index (χ1v) is 9.41. The van der Waals surface area contributed by atoms with E-state index in [1.54, 1.807) is 0 Å². The number of anilines is 1. The highest BCUT2D eigenvalue weighted by atomic mass is 16.1. The van der Waals surface area contributed by atoms with Gasteiger partial charge in [0.25, 0.3) is 5.56 Å². The van der Waals surface area contributed by atoms with Gasteiger partial charge in [-0.1, -0.05) is 6.92 Å². The highest BCUT2D eigenvalue weighted by Gasteiger charge is 2.18. The van der Waals surface area contributed by atoms with Crippen LogP contribution in [0.25, 0.3) is 11.2 Å². The molecule has 0 unspecified atom stereocenters. The fourth-order valence-electron chi connectivity index (χ4n) is 3.42. The fraction of sp³-hybridized carbons (Fsp3) is 0.400. The molecule has 0 atom stereocenters. The minimum absolute atomic E-state index is 0.144. The van der Waals surface area contributed by atoms with Crippen molar-refractivity contribution in [3.8, 4) is 0 Å². The Morgan fingerprint density at radius 2 is 1.89 bits per heavy atom. The van der Waals surface area contributed by atoms with Gasteiger partial charge in [0.15, 0.2) is 5.65 Å². The van der Waals surface area contributed by atoms with E-state index in [2.05, 4.69) is 41.9 Å². The van der Waals surface area contributed by atoms with Crippen LogP contribution in [0.2, 0.25) is 0 Å². The largest absolute Gasteiger partial charge is 0.368 e. The molecule has 4 rings (SSSR count). The summed E-state index contributed by atoms with van der Waals surface area (Å²) in [6.07, 6.45) is 2.57. The van der Waals surface area contributed by atoms with Gasteiger partial charge in [0.1, 0.15) is 11.2 Å². The average molecular weight is 364 g/mol. The van der Waals surface area contributed by atoms with Crippen molar-refractivity contribution in [3.05, 3.63) is 57.9 Å². The Morgan fingerprint density at radius 1 is 1.07 bits per heavy atom. The molecule has 3 aromatic heterocycles. The van der Waals surface area contributed by atoms with Gasteiger partial charge in [-0.3, -0.25) is 14.7 Å². The van der Waals surface area contributed by atoms with E-state index < -0.39 is 0 Å². The van der Waals surface area contributed by atoms with Crippen LogP contribution in [0.4, 0.5) is 5.69 Å². The molecule has 27 heavy (non-hydrogen) atoms. The quantitative estimate of drug-likeness (QED) is 0.762. The Hall–Kier alpha value is -2.80. The van der Waals surface area contributed by atoms with E-state index in [4.69, 9.17) is 0 Å². The first kappa shape index (κ1) is 17.6. The molecule has 0 amide bonds. The lowest BCUT2D eigenvalue weighted by atomic mass is 10.2. The molecule has 0 aromatic carbocycles. The second-order valence-corrected chi connectivity index (χ2v) is 6.96. The molecular weight excluding hydrogens is 340 g/mol. The number of rotatable bonds is 4. The van der Waals surface area contributed by atoms with Crippen LogP contribution in [0.15, 0.2) is 35.3 Å². The summed E-state index contributed by atoms with van der Waals surface area (Å²) in [6.45, 7) is 8.58. The van der Waals surface area contributed by atoms with Crippen LogP contribution in [-0.4, -0.2) is 51.0 Å². The number of pyridine rings is 2. The molecule has 140 valence electrons. The number of hydrogen-bond acceptors (Lipinski definition) is 6. The zero-order chi connectivity index (χ0) is 18.8. The maximum Gasteiger partial charge on any atom is 0.271 e. The third kappa shape index (κ3) is 3.83. The SMILES string of the molecule is CCc1nc2ccc(CN3CCN(c4ccc(C)nc4)CC3)nc2[nH]c1=O. The molecule has 0 saturated carbocycles. The smallest absolute Gasteiger partial charge is 0.271 e. The number of hydrogen-bond donors (Lipinski definition) is 1. The Bertz CT molecular complexity index is 990. The molecule has 0 aliphatic carbocycles. The predicted molar refractivity (Wildman–Crippen MR) is 106 cm³/mol. The van der Waals surface area contributed by atoms with Crippen LogP contribution < -0.4 is 10.5 Å². The number of aryl methyl sites for hydroxylation is 2. The molecule has 1 saturated heterocycles. The average Bonchev–Trinajstić information content (AvgIpc) is 2.69. The van der Waals surface area contributed by atoms with E-state index in [-0.39, 0.29) is 5.56 Å². The maximum atomic E-state index is 12.0. The maximum absolute atomic E-state index is 12.0. The van der Waals surface area contributed by atoms with E-state index in [0.29, 0.717) is 17.8 Å². The van der Waals surface area contributed by atoms with Gasteiger partial charge >= 0.3 is 0 Å². The minimum atomic E-state index is -0.144. The molecular formula is C20H24N6O. The number of H-pyrrole nitrogens is 1. The van der Waals surface area contributed by atoms with Crippen molar-refractivity contribution in [2.24, 2.45) is 0 Å². The fourth-order valence-corrected chi connectivity index (χ4v) is 3.42. The highest BCUT2D eigenvalue weighted by Crippen LogP contribution is 2.17. The van der Waals surface area contributed by atoms with E-state index >= 15 is 0 Å². The van der Waals surface area contributed by atoms with Gasteiger partial charge in [0.2, 0.25) is 0 Å². The normalized spacial score (nSPS) is 15.4. The van der Waals surface area contributed by atoms with Gasteiger partial charge in [0.05, 0.1) is 17.6 Å². The molecule has 1 N–H and O–H groups in total. The van der Waals surface area contributed by atoms with Crippen molar-refractivity contribution in [3.63, 3.8) is 0 Å². The summed E-state index contributed by atoms with van der Waals surface area (Å²) >= 11 is 0. The van der Waals surface area contributed by atoms with E-state index in [1.165, 1.54) is 5.69 Å². The minimum Gasteiger partial charge on any atom is -0.368 e. The van der Waals surface area contributed by atoms with E-state index in [1.807, 2.05) is 32.2 Å². The van der Waals surface area contributed by atoms with Crippen molar-refractivity contribution < 1.29 is 0 Å². The van der Waals surface area contributed by atoms with Gasteiger partial charge in [-0.15, -0.1) is 0 Å². The lowest BCUT2D eigenvalue weighted by Gasteiger charge is -2.35. The number of piperazine rings is 1. The molecule has 1 aliphatic heterocycles. The second kappa shape index (κ2) is 7.44. The van der Waals surface area contributed by atoms with E-state index in [0.717, 1.165) is 49.6 Å². The van der Waals surface area contributed by atoms with Crippen molar-refractivity contribution in [2.45, 2.75) is 26.8 Å². The molecule has 7 heteroatoms. The topological polar surface area (TPSA) is 78.0 Å². The third-order valence-electron chi connectivity index (χ3n) is 5.03. The summed E-state index contributed by atoms with van der Waals surface area (Å²) in [5.41, 5.74) is 4.90. The van der Waals surface area contributed by atoms with Crippen molar-refractivity contribution in [2.75, 3.05) is 31.1 Å².